The monoisotopic (exact) mass is 496 g/mol. The number of rotatable bonds is 7. The Kier molecular flexibility index (Phi) is 5.99. The molecule has 32 heavy (non-hydrogen) atoms. The molecule has 4 aromatic rings. The Bertz CT molecular complexity index is 1300. The summed E-state index contributed by atoms with van der Waals surface area (Å²) in [5.74, 6) is 0.292. The van der Waals surface area contributed by atoms with E-state index in [1.807, 2.05) is 19.1 Å². The summed E-state index contributed by atoms with van der Waals surface area (Å²) in [5, 5.41) is 22.4. The summed E-state index contributed by atoms with van der Waals surface area (Å²) in [6.45, 7) is 2.19. The van der Waals surface area contributed by atoms with E-state index in [4.69, 9.17) is 4.74 Å². The summed E-state index contributed by atoms with van der Waals surface area (Å²) in [7, 11) is 0. The largest absolute Gasteiger partial charge is 0.457 e. The normalized spacial score (nSPS) is 10.7. The average Bonchev–Trinajstić information content (AvgIpc) is 3.39. The SMILES string of the molecule is Cc1ccccc1Oc1cc(NC(=O)c2ccn(Cn3cc(Br)cn3)n2)cc([N+](=O)[O-])c1. The Morgan fingerprint density at radius 3 is 2.75 bits per heavy atom. The number of aryl methyl sites for hydroxylation is 1. The van der Waals surface area contributed by atoms with Gasteiger partial charge in [0, 0.05) is 24.5 Å². The number of ether oxygens (including phenoxy) is 1. The third-order valence-corrected chi connectivity index (χ3v) is 4.86. The van der Waals surface area contributed by atoms with Crippen molar-refractivity contribution in [3.05, 3.63) is 93.0 Å². The van der Waals surface area contributed by atoms with Crippen molar-refractivity contribution in [2.45, 2.75) is 13.6 Å². The molecule has 1 amide bonds. The first-order valence-corrected chi connectivity index (χ1v) is 10.2. The number of nitrogens with zero attached hydrogens (tertiary/aromatic N) is 5. The maximum Gasteiger partial charge on any atom is 0.276 e. The van der Waals surface area contributed by atoms with Gasteiger partial charge < -0.3 is 10.1 Å². The van der Waals surface area contributed by atoms with Gasteiger partial charge in [-0.05, 0) is 40.5 Å². The molecular formula is C21H17BrN6O4. The van der Waals surface area contributed by atoms with Crippen LogP contribution in [0.15, 0.2) is 71.6 Å². The number of halogens is 1. The van der Waals surface area contributed by atoms with Gasteiger partial charge in [-0.25, -0.2) is 4.68 Å². The van der Waals surface area contributed by atoms with Crippen molar-refractivity contribution >= 4 is 33.2 Å². The number of hydrogen-bond donors (Lipinski definition) is 1. The fourth-order valence-corrected chi connectivity index (χ4v) is 3.27. The first-order chi connectivity index (χ1) is 15.4. The Hall–Kier alpha value is -3.99. The van der Waals surface area contributed by atoms with E-state index in [1.165, 1.54) is 18.2 Å². The van der Waals surface area contributed by atoms with Crippen LogP contribution in [-0.2, 0) is 6.67 Å². The fraction of sp³-hybridized carbons (Fsp3) is 0.0952. The molecule has 0 saturated carbocycles. The van der Waals surface area contributed by atoms with Gasteiger partial charge in [0.05, 0.1) is 27.3 Å². The molecule has 0 atom stereocenters. The second-order valence-electron chi connectivity index (χ2n) is 6.87. The van der Waals surface area contributed by atoms with Crippen molar-refractivity contribution in [2.24, 2.45) is 0 Å². The van der Waals surface area contributed by atoms with Crippen LogP contribution in [0.3, 0.4) is 0 Å². The van der Waals surface area contributed by atoms with Crippen molar-refractivity contribution in [1.29, 1.82) is 0 Å². The van der Waals surface area contributed by atoms with Crippen LogP contribution in [0.1, 0.15) is 16.1 Å². The van der Waals surface area contributed by atoms with Crippen LogP contribution >= 0.6 is 15.9 Å². The predicted octanol–water partition coefficient (Wildman–Crippen LogP) is 4.61. The number of amides is 1. The third-order valence-electron chi connectivity index (χ3n) is 4.45. The molecule has 0 spiro atoms. The lowest BCUT2D eigenvalue weighted by molar-refractivity contribution is -0.384. The molecule has 0 aliphatic carbocycles. The molecule has 4 rings (SSSR count). The van der Waals surface area contributed by atoms with E-state index in [0.717, 1.165) is 10.0 Å². The Labute approximate surface area is 190 Å². The highest BCUT2D eigenvalue weighted by atomic mass is 79.9. The van der Waals surface area contributed by atoms with Crippen molar-refractivity contribution in [1.82, 2.24) is 19.6 Å². The van der Waals surface area contributed by atoms with Gasteiger partial charge in [-0.2, -0.15) is 10.2 Å². The Morgan fingerprint density at radius 2 is 2.03 bits per heavy atom. The van der Waals surface area contributed by atoms with Crippen molar-refractivity contribution in [3.8, 4) is 11.5 Å². The number of anilines is 1. The molecule has 0 aliphatic rings. The number of aromatic nitrogens is 4. The zero-order valence-corrected chi connectivity index (χ0v) is 18.4. The van der Waals surface area contributed by atoms with Crippen LogP contribution in [-0.4, -0.2) is 30.4 Å². The van der Waals surface area contributed by atoms with Gasteiger partial charge in [-0.3, -0.25) is 19.6 Å². The third kappa shape index (κ3) is 5.01. The second-order valence-corrected chi connectivity index (χ2v) is 7.79. The molecule has 0 radical (unpaired) electrons. The predicted molar refractivity (Wildman–Crippen MR) is 120 cm³/mol. The van der Waals surface area contributed by atoms with Crippen molar-refractivity contribution in [2.75, 3.05) is 5.32 Å². The zero-order valence-electron chi connectivity index (χ0n) is 16.8. The van der Waals surface area contributed by atoms with Gasteiger partial charge in [-0.15, -0.1) is 0 Å². The van der Waals surface area contributed by atoms with E-state index in [1.54, 1.807) is 46.2 Å². The van der Waals surface area contributed by atoms with Crippen molar-refractivity contribution in [3.63, 3.8) is 0 Å². The minimum absolute atomic E-state index is 0.157. The summed E-state index contributed by atoms with van der Waals surface area (Å²) in [4.78, 5) is 23.5. The molecule has 2 aromatic heterocycles. The number of carbonyl (C=O) groups excluding carboxylic acids is 1. The van der Waals surface area contributed by atoms with Crippen LogP contribution in [0.5, 0.6) is 11.5 Å². The molecule has 0 fully saturated rings. The van der Waals surface area contributed by atoms with Crippen LogP contribution in [0, 0.1) is 17.0 Å². The van der Waals surface area contributed by atoms with Gasteiger partial charge in [0.15, 0.2) is 5.69 Å². The first kappa shape index (κ1) is 21.2. The second kappa shape index (κ2) is 9.02. The number of benzene rings is 2. The number of para-hydroxylation sites is 1. The summed E-state index contributed by atoms with van der Waals surface area (Å²) in [6, 6.07) is 12.9. The topological polar surface area (TPSA) is 117 Å². The molecule has 11 heteroatoms. The van der Waals surface area contributed by atoms with Gasteiger partial charge in [0.1, 0.15) is 18.2 Å². The minimum atomic E-state index is -0.544. The van der Waals surface area contributed by atoms with Crippen LogP contribution in [0.25, 0.3) is 0 Å². The first-order valence-electron chi connectivity index (χ1n) is 9.43. The minimum Gasteiger partial charge on any atom is -0.457 e. The number of nitrogens with one attached hydrogen (secondary N) is 1. The molecule has 0 unspecified atom stereocenters. The molecular weight excluding hydrogens is 480 g/mol. The quantitative estimate of drug-likeness (QED) is 0.295. The number of nitro benzene ring substituents is 1. The van der Waals surface area contributed by atoms with Crippen LogP contribution in [0.2, 0.25) is 0 Å². The number of non-ortho nitro benzene ring substituents is 1. The van der Waals surface area contributed by atoms with E-state index < -0.39 is 10.8 Å². The summed E-state index contributed by atoms with van der Waals surface area (Å²) < 4.78 is 9.84. The fourth-order valence-electron chi connectivity index (χ4n) is 2.94. The van der Waals surface area contributed by atoms with Gasteiger partial charge in [0.25, 0.3) is 11.6 Å². The van der Waals surface area contributed by atoms with E-state index in [0.29, 0.717) is 12.4 Å². The zero-order chi connectivity index (χ0) is 22.7. The van der Waals surface area contributed by atoms with E-state index in [-0.39, 0.29) is 22.8 Å². The lowest BCUT2D eigenvalue weighted by Crippen LogP contribution is -2.15. The molecule has 2 heterocycles. The van der Waals surface area contributed by atoms with E-state index >= 15 is 0 Å². The van der Waals surface area contributed by atoms with Crippen LogP contribution < -0.4 is 10.1 Å². The standard InChI is InChI=1S/C21H17BrN6O4/c1-14-4-2-3-5-20(14)32-18-9-16(8-17(10-18)28(30)31)24-21(29)19-6-7-26(25-19)13-27-12-15(22)11-23-27/h2-12H,13H2,1H3,(H,24,29). The van der Waals surface area contributed by atoms with Gasteiger partial charge in [-0.1, -0.05) is 18.2 Å². The molecule has 0 bridgehead atoms. The highest BCUT2D eigenvalue weighted by Gasteiger charge is 2.16. The highest BCUT2D eigenvalue weighted by Crippen LogP contribution is 2.31. The number of hydrogen-bond acceptors (Lipinski definition) is 6. The van der Waals surface area contributed by atoms with Gasteiger partial charge >= 0.3 is 0 Å². The van der Waals surface area contributed by atoms with Crippen LogP contribution in [0.4, 0.5) is 11.4 Å². The summed E-state index contributed by atoms with van der Waals surface area (Å²) in [5.41, 5.74) is 1.04. The Balaban J connectivity index is 1.53. The Morgan fingerprint density at radius 1 is 1.22 bits per heavy atom. The average molecular weight is 497 g/mol. The smallest absolute Gasteiger partial charge is 0.276 e. The molecule has 10 nitrogen and oxygen atoms in total. The maximum atomic E-state index is 12.7. The lowest BCUT2D eigenvalue weighted by atomic mass is 10.2. The maximum absolute atomic E-state index is 12.7. The van der Waals surface area contributed by atoms with Gasteiger partial charge in [0.2, 0.25) is 0 Å². The molecule has 0 saturated heterocycles. The molecule has 2 aromatic carbocycles. The molecule has 1 N–H and O–H groups in total. The van der Waals surface area contributed by atoms with E-state index in [2.05, 4.69) is 31.4 Å². The number of nitro groups is 1. The summed E-state index contributed by atoms with van der Waals surface area (Å²) in [6.07, 6.45) is 5.07. The summed E-state index contributed by atoms with van der Waals surface area (Å²) >= 11 is 3.32. The number of carbonyl (C=O) groups is 1. The molecule has 0 aliphatic heterocycles. The van der Waals surface area contributed by atoms with Crippen molar-refractivity contribution < 1.29 is 14.5 Å². The lowest BCUT2D eigenvalue weighted by Gasteiger charge is -2.10. The highest BCUT2D eigenvalue weighted by molar-refractivity contribution is 9.10. The van der Waals surface area contributed by atoms with E-state index in [9.17, 15) is 14.9 Å². The molecule has 162 valence electrons.